The van der Waals surface area contributed by atoms with Crippen molar-refractivity contribution in [2.75, 3.05) is 19.6 Å². The fraction of sp³-hybridized carbons (Fsp3) is 0.800. The molecule has 2 atom stereocenters. The molecule has 1 heterocycles. The Bertz CT molecular complexity index is 270. The molecule has 0 bridgehead atoms. The lowest BCUT2D eigenvalue weighted by molar-refractivity contribution is -0.148. The summed E-state index contributed by atoms with van der Waals surface area (Å²) < 4.78 is 0. The third-order valence-corrected chi connectivity index (χ3v) is 2.65. The molecule has 1 saturated heterocycles. The molecular formula is C10H18N2O4. The highest BCUT2D eigenvalue weighted by Gasteiger charge is 2.38. The molecule has 6 heteroatoms. The highest BCUT2D eigenvalue weighted by atomic mass is 16.4. The molecule has 0 aromatic heterocycles. The van der Waals surface area contributed by atoms with E-state index in [1.807, 2.05) is 6.92 Å². The molecule has 1 aliphatic heterocycles. The van der Waals surface area contributed by atoms with E-state index in [1.54, 1.807) is 0 Å². The Hall–Kier alpha value is -1.14. The van der Waals surface area contributed by atoms with Gasteiger partial charge in [-0.2, -0.15) is 0 Å². The first-order valence-corrected chi connectivity index (χ1v) is 5.47. The third kappa shape index (κ3) is 3.18. The van der Waals surface area contributed by atoms with E-state index in [2.05, 4.69) is 5.32 Å². The molecule has 1 amide bonds. The van der Waals surface area contributed by atoms with Gasteiger partial charge in [0.05, 0.1) is 6.10 Å². The second-order valence-electron chi connectivity index (χ2n) is 3.89. The van der Waals surface area contributed by atoms with Gasteiger partial charge in [-0.15, -0.1) is 0 Å². The number of β-amino-alcohol motifs (C(OH)–C–C–N with tert-alkyl or cyclic N) is 1. The number of likely N-dealkylation sites (tertiary alicyclic amines) is 1. The molecule has 16 heavy (non-hydrogen) atoms. The van der Waals surface area contributed by atoms with Crippen LogP contribution in [0.2, 0.25) is 0 Å². The van der Waals surface area contributed by atoms with Crippen molar-refractivity contribution in [3.63, 3.8) is 0 Å². The molecular weight excluding hydrogens is 212 g/mol. The number of rotatable bonds is 5. The maximum absolute atomic E-state index is 11.7. The van der Waals surface area contributed by atoms with Gasteiger partial charge in [0.2, 0.25) is 5.91 Å². The minimum absolute atomic E-state index is 0.127. The van der Waals surface area contributed by atoms with Crippen molar-refractivity contribution in [3.8, 4) is 0 Å². The molecule has 0 saturated carbocycles. The summed E-state index contributed by atoms with van der Waals surface area (Å²) in [6, 6.07) is -0.871. The zero-order valence-electron chi connectivity index (χ0n) is 9.35. The standard InChI is InChI=1S/C10H18N2O4/c1-2-11-4-3-9(14)12-6-7(13)5-8(12)10(15)16/h7-8,11,13H,2-6H2,1H3,(H,15,16). The number of aliphatic hydroxyl groups is 1. The predicted octanol–water partition coefficient (Wildman–Crippen LogP) is -0.968. The number of nitrogens with one attached hydrogen (secondary N) is 1. The Morgan fingerprint density at radius 3 is 2.75 bits per heavy atom. The summed E-state index contributed by atoms with van der Waals surface area (Å²) in [5.74, 6) is -1.27. The molecule has 0 radical (unpaired) electrons. The van der Waals surface area contributed by atoms with Crippen molar-refractivity contribution < 1.29 is 19.8 Å². The zero-order valence-corrected chi connectivity index (χ0v) is 9.35. The average Bonchev–Trinajstić information content (AvgIpc) is 2.61. The van der Waals surface area contributed by atoms with E-state index in [-0.39, 0.29) is 25.3 Å². The van der Waals surface area contributed by atoms with Crippen molar-refractivity contribution in [1.82, 2.24) is 10.2 Å². The van der Waals surface area contributed by atoms with Crippen molar-refractivity contribution in [2.24, 2.45) is 0 Å². The highest BCUT2D eigenvalue weighted by molar-refractivity contribution is 5.84. The average molecular weight is 230 g/mol. The third-order valence-electron chi connectivity index (χ3n) is 2.65. The summed E-state index contributed by atoms with van der Waals surface area (Å²) >= 11 is 0. The van der Waals surface area contributed by atoms with Crippen LogP contribution in [-0.2, 0) is 9.59 Å². The van der Waals surface area contributed by atoms with Crippen LogP contribution in [0.25, 0.3) is 0 Å². The topological polar surface area (TPSA) is 89.9 Å². The lowest BCUT2D eigenvalue weighted by Crippen LogP contribution is -2.41. The zero-order chi connectivity index (χ0) is 12.1. The van der Waals surface area contributed by atoms with Gasteiger partial charge in [0.1, 0.15) is 6.04 Å². The number of amides is 1. The lowest BCUT2D eigenvalue weighted by atomic mass is 10.2. The van der Waals surface area contributed by atoms with E-state index >= 15 is 0 Å². The number of aliphatic carboxylic acids is 1. The van der Waals surface area contributed by atoms with Crippen molar-refractivity contribution >= 4 is 11.9 Å². The molecule has 1 rings (SSSR count). The number of carbonyl (C=O) groups excluding carboxylic acids is 1. The van der Waals surface area contributed by atoms with E-state index in [0.717, 1.165) is 6.54 Å². The van der Waals surface area contributed by atoms with Gasteiger partial charge in [-0.3, -0.25) is 4.79 Å². The van der Waals surface area contributed by atoms with Crippen LogP contribution >= 0.6 is 0 Å². The summed E-state index contributed by atoms with van der Waals surface area (Å²) in [5, 5.41) is 21.3. The van der Waals surface area contributed by atoms with Crippen LogP contribution in [-0.4, -0.2) is 58.8 Å². The Morgan fingerprint density at radius 2 is 2.19 bits per heavy atom. The molecule has 1 aliphatic rings. The first kappa shape index (κ1) is 12.9. The first-order valence-electron chi connectivity index (χ1n) is 5.47. The summed E-state index contributed by atoms with van der Waals surface area (Å²) in [5.41, 5.74) is 0. The molecule has 0 aromatic rings. The van der Waals surface area contributed by atoms with Gasteiger partial charge in [-0.1, -0.05) is 6.92 Å². The molecule has 0 aromatic carbocycles. The molecule has 2 unspecified atom stereocenters. The van der Waals surface area contributed by atoms with Crippen LogP contribution < -0.4 is 5.32 Å². The highest BCUT2D eigenvalue weighted by Crippen LogP contribution is 2.18. The number of nitrogens with zero attached hydrogens (tertiary/aromatic N) is 1. The number of carbonyl (C=O) groups is 2. The lowest BCUT2D eigenvalue weighted by Gasteiger charge is -2.21. The summed E-state index contributed by atoms with van der Waals surface area (Å²) in [4.78, 5) is 23.8. The second-order valence-corrected chi connectivity index (χ2v) is 3.89. The molecule has 3 N–H and O–H groups in total. The van der Waals surface area contributed by atoms with Crippen molar-refractivity contribution in [1.29, 1.82) is 0 Å². The molecule has 92 valence electrons. The molecule has 1 fully saturated rings. The SMILES string of the molecule is CCNCCC(=O)N1CC(O)CC1C(=O)O. The van der Waals surface area contributed by atoms with Crippen LogP contribution in [0.4, 0.5) is 0 Å². The minimum atomic E-state index is -1.05. The maximum Gasteiger partial charge on any atom is 0.326 e. The van der Waals surface area contributed by atoms with Gasteiger partial charge in [-0.05, 0) is 6.54 Å². The van der Waals surface area contributed by atoms with Gasteiger partial charge in [0, 0.05) is 25.9 Å². The molecule has 0 aliphatic carbocycles. The fourth-order valence-electron chi connectivity index (χ4n) is 1.84. The second kappa shape index (κ2) is 5.81. The van der Waals surface area contributed by atoms with Crippen LogP contribution in [0.15, 0.2) is 0 Å². The van der Waals surface area contributed by atoms with E-state index in [9.17, 15) is 14.7 Å². The van der Waals surface area contributed by atoms with Gasteiger partial charge >= 0.3 is 5.97 Å². The minimum Gasteiger partial charge on any atom is -0.480 e. The fourth-order valence-corrected chi connectivity index (χ4v) is 1.84. The normalized spacial score (nSPS) is 24.8. The summed E-state index contributed by atoms with van der Waals surface area (Å²) in [6.07, 6.45) is -0.323. The smallest absolute Gasteiger partial charge is 0.326 e. The van der Waals surface area contributed by atoms with Gasteiger partial charge in [0.25, 0.3) is 0 Å². The number of aliphatic hydroxyl groups excluding tert-OH is 1. The van der Waals surface area contributed by atoms with E-state index in [0.29, 0.717) is 6.54 Å². The van der Waals surface area contributed by atoms with Crippen LogP contribution in [0.1, 0.15) is 19.8 Å². The Morgan fingerprint density at radius 1 is 1.50 bits per heavy atom. The van der Waals surface area contributed by atoms with Crippen molar-refractivity contribution in [3.05, 3.63) is 0 Å². The number of carboxylic acid groups (broad SMARTS) is 1. The Labute approximate surface area is 94.2 Å². The van der Waals surface area contributed by atoms with Gasteiger partial charge in [0.15, 0.2) is 0 Å². The maximum atomic E-state index is 11.7. The summed E-state index contributed by atoms with van der Waals surface area (Å²) in [6.45, 7) is 3.37. The first-order chi connectivity index (χ1) is 7.56. The molecule has 6 nitrogen and oxygen atoms in total. The van der Waals surface area contributed by atoms with Crippen LogP contribution in [0, 0.1) is 0 Å². The van der Waals surface area contributed by atoms with Crippen LogP contribution in [0.3, 0.4) is 0 Å². The predicted molar refractivity (Wildman–Crippen MR) is 56.9 cm³/mol. The summed E-state index contributed by atoms with van der Waals surface area (Å²) in [7, 11) is 0. The molecule has 0 spiro atoms. The number of hydrogen-bond acceptors (Lipinski definition) is 4. The number of carboxylic acids is 1. The van der Waals surface area contributed by atoms with E-state index in [4.69, 9.17) is 5.11 Å². The van der Waals surface area contributed by atoms with Gasteiger partial charge < -0.3 is 20.4 Å². The Balaban J connectivity index is 2.50. The number of hydrogen-bond donors (Lipinski definition) is 3. The largest absolute Gasteiger partial charge is 0.480 e. The van der Waals surface area contributed by atoms with Crippen LogP contribution in [0.5, 0.6) is 0 Å². The van der Waals surface area contributed by atoms with Crippen molar-refractivity contribution in [2.45, 2.75) is 31.9 Å². The monoisotopic (exact) mass is 230 g/mol. The quantitative estimate of drug-likeness (QED) is 0.529. The van der Waals surface area contributed by atoms with E-state index < -0.39 is 18.1 Å². The van der Waals surface area contributed by atoms with E-state index in [1.165, 1.54) is 4.90 Å². The van der Waals surface area contributed by atoms with Gasteiger partial charge in [-0.25, -0.2) is 4.79 Å². The Kier molecular flexibility index (Phi) is 4.70.